The highest BCUT2D eigenvalue weighted by molar-refractivity contribution is 4.75. The first-order valence-electron chi connectivity index (χ1n) is 3.16. The number of hydrogen-bond donors (Lipinski definition) is 0. The molecule has 0 atom stereocenters. The lowest BCUT2D eigenvalue weighted by molar-refractivity contribution is -0.0571. The average Bonchev–Trinajstić information content (AvgIpc) is 1.60. The van der Waals surface area contributed by atoms with Crippen molar-refractivity contribution in [3.8, 4) is 0 Å². The zero-order valence-electron chi connectivity index (χ0n) is 5.53. The molecule has 1 nitrogen and oxygen atoms in total. The maximum Gasteiger partial charge on any atom is 0.260 e. The molecular formula is C6H11F2N. The van der Waals surface area contributed by atoms with Crippen LogP contribution in [0.2, 0.25) is 0 Å². The van der Waals surface area contributed by atoms with Gasteiger partial charge in [0, 0.05) is 6.42 Å². The van der Waals surface area contributed by atoms with Gasteiger partial charge in [0.15, 0.2) is 0 Å². The normalized spacial score (nSPS) is 28.3. The van der Waals surface area contributed by atoms with Crippen LogP contribution in [-0.4, -0.2) is 31.0 Å². The van der Waals surface area contributed by atoms with Crippen LogP contribution in [-0.2, 0) is 0 Å². The van der Waals surface area contributed by atoms with E-state index in [0.717, 1.165) is 6.54 Å². The largest absolute Gasteiger partial charge is 0.301 e. The molecule has 0 radical (unpaired) electrons. The van der Waals surface area contributed by atoms with E-state index in [4.69, 9.17) is 0 Å². The second kappa shape index (κ2) is 2.21. The summed E-state index contributed by atoms with van der Waals surface area (Å²) < 4.78 is 24.8. The van der Waals surface area contributed by atoms with Crippen molar-refractivity contribution >= 4 is 0 Å². The molecule has 1 fully saturated rings. The average molecular weight is 135 g/mol. The predicted octanol–water partition coefficient (Wildman–Crippen LogP) is 1.35. The SMILES string of the molecule is CN1CCCC(F)(F)C1. The number of rotatable bonds is 0. The van der Waals surface area contributed by atoms with Crippen molar-refractivity contribution in [3.05, 3.63) is 0 Å². The number of alkyl halides is 2. The van der Waals surface area contributed by atoms with Gasteiger partial charge in [-0.15, -0.1) is 0 Å². The van der Waals surface area contributed by atoms with E-state index in [9.17, 15) is 8.78 Å². The predicted molar refractivity (Wildman–Crippen MR) is 31.7 cm³/mol. The zero-order chi connectivity index (χ0) is 6.91. The maximum absolute atomic E-state index is 12.4. The van der Waals surface area contributed by atoms with E-state index >= 15 is 0 Å². The lowest BCUT2D eigenvalue weighted by Crippen LogP contribution is -2.39. The Morgan fingerprint density at radius 2 is 2.11 bits per heavy atom. The van der Waals surface area contributed by atoms with Crippen LogP contribution >= 0.6 is 0 Å². The molecule has 0 spiro atoms. The molecule has 0 saturated carbocycles. The molecule has 3 heteroatoms. The first-order chi connectivity index (χ1) is 4.10. The van der Waals surface area contributed by atoms with Gasteiger partial charge in [0.05, 0.1) is 6.54 Å². The lowest BCUT2D eigenvalue weighted by atomic mass is 10.1. The van der Waals surface area contributed by atoms with Crippen LogP contribution in [0.1, 0.15) is 12.8 Å². The number of likely N-dealkylation sites (tertiary alicyclic amines) is 1. The summed E-state index contributed by atoms with van der Waals surface area (Å²) in [5.41, 5.74) is 0. The van der Waals surface area contributed by atoms with Gasteiger partial charge in [-0.25, -0.2) is 8.78 Å². The molecule has 1 heterocycles. The Hall–Kier alpha value is -0.180. The van der Waals surface area contributed by atoms with Crippen LogP contribution < -0.4 is 0 Å². The molecule has 0 bridgehead atoms. The molecule has 1 saturated heterocycles. The Morgan fingerprint density at radius 1 is 1.44 bits per heavy atom. The van der Waals surface area contributed by atoms with E-state index in [1.54, 1.807) is 11.9 Å². The second-order valence-corrected chi connectivity index (χ2v) is 2.70. The third-order valence-electron chi connectivity index (χ3n) is 1.58. The zero-order valence-corrected chi connectivity index (χ0v) is 5.53. The van der Waals surface area contributed by atoms with Crippen molar-refractivity contribution < 1.29 is 8.78 Å². The topological polar surface area (TPSA) is 3.24 Å². The minimum Gasteiger partial charge on any atom is -0.301 e. The highest BCUT2D eigenvalue weighted by atomic mass is 19.3. The van der Waals surface area contributed by atoms with Gasteiger partial charge >= 0.3 is 0 Å². The summed E-state index contributed by atoms with van der Waals surface area (Å²) >= 11 is 0. The van der Waals surface area contributed by atoms with E-state index in [1.807, 2.05) is 0 Å². The summed E-state index contributed by atoms with van der Waals surface area (Å²) in [4.78, 5) is 1.67. The third-order valence-corrected chi connectivity index (χ3v) is 1.58. The standard InChI is InChI=1S/C6H11F2N/c1-9-4-2-3-6(7,8)5-9/h2-5H2,1H3. The minimum absolute atomic E-state index is 0.0625. The lowest BCUT2D eigenvalue weighted by Gasteiger charge is -2.28. The molecule has 9 heavy (non-hydrogen) atoms. The fourth-order valence-corrected chi connectivity index (χ4v) is 1.16. The summed E-state index contributed by atoms with van der Waals surface area (Å²) in [5, 5.41) is 0. The summed E-state index contributed by atoms with van der Waals surface area (Å²) in [7, 11) is 1.73. The molecule has 0 N–H and O–H groups in total. The quantitative estimate of drug-likeness (QED) is 0.484. The summed E-state index contributed by atoms with van der Waals surface area (Å²) in [5.74, 6) is -2.42. The van der Waals surface area contributed by atoms with E-state index < -0.39 is 5.92 Å². The third kappa shape index (κ3) is 1.90. The van der Waals surface area contributed by atoms with Crippen LogP contribution in [0.15, 0.2) is 0 Å². The van der Waals surface area contributed by atoms with Crippen molar-refractivity contribution in [2.24, 2.45) is 0 Å². The molecule has 0 aromatic carbocycles. The van der Waals surface area contributed by atoms with Crippen molar-refractivity contribution in [1.29, 1.82) is 0 Å². The van der Waals surface area contributed by atoms with Crippen LogP contribution in [0.4, 0.5) is 8.78 Å². The van der Waals surface area contributed by atoms with Gasteiger partial charge < -0.3 is 4.90 Å². The van der Waals surface area contributed by atoms with Gasteiger partial charge in [-0.3, -0.25) is 0 Å². The smallest absolute Gasteiger partial charge is 0.260 e. The van der Waals surface area contributed by atoms with Crippen LogP contribution in [0.5, 0.6) is 0 Å². The van der Waals surface area contributed by atoms with E-state index in [-0.39, 0.29) is 13.0 Å². The molecule has 0 aromatic heterocycles. The van der Waals surface area contributed by atoms with E-state index in [2.05, 4.69) is 0 Å². The molecule has 0 aromatic rings. The molecule has 0 aliphatic carbocycles. The number of nitrogens with zero attached hydrogens (tertiary/aromatic N) is 1. The highest BCUT2D eigenvalue weighted by Gasteiger charge is 2.33. The summed E-state index contributed by atoms with van der Waals surface area (Å²) in [6.07, 6.45) is 0.695. The Bertz CT molecular complexity index is 103. The van der Waals surface area contributed by atoms with Crippen molar-refractivity contribution in [1.82, 2.24) is 4.90 Å². The molecular weight excluding hydrogens is 124 g/mol. The van der Waals surface area contributed by atoms with Gasteiger partial charge in [-0.2, -0.15) is 0 Å². The molecule has 1 aliphatic heterocycles. The first-order valence-corrected chi connectivity index (χ1v) is 3.16. The Labute approximate surface area is 53.6 Å². The summed E-state index contributed by atoms with van der Waals surface area (Å²) in [6, 6.07) is 0. The van der Waals surface area contributed by atoms with Crippen LogP contribution in [0.25, 0.3) is 0 Å². The highest BCUT2D eigenvalue weighted by Crippen LogP contribution is 2.25. The van der Waals surface area contributed by atoms with Crippen molar-refractivity contribution in [2.45, 2.75) is 18.8 Å². The fourth-order valence-electron chi connectivity index (χ4n) is 1.16. The van der Waals surface area contributed by atoms with Gasteiger partial charge in [-0.1, -0.05) is 0 Å². The fraction of sp³-hybridized carbons (Fsp3) is 1.00. The minimum atomic E-state index is -2.42. The number of piperidine rings is 1. The van der Waals surface area contributed by atoms with E-state index in [0.29, 0.717) is 6.42 Å². The monoisotopic (exact) mass is 135 g/mol. The Kier molecular flexibility index (Phi) is 1.70. The van der Waals surface area contributed by atoms with E-state index in [1.165, 1.54) is 0 Å². The van der Waals surface area contributed by atoms with Crippen molar-refractivity contribution in [2.75, 3.05) is 20.1 Å². The van der Waals surface area contributed by atoms with Crippen LogP contribution in [0, 0.1) is 0 Å². The Balaban J connectivity index is 2.41. The number of halogens is 2. The Morgan fingerprint density at radius 3 is 2.44 bits per heavy atom. The molecule has 1 rings (SSSR count). The van der Waals surface area contributed by atoms with Crippen molar-refractivity contribution in [3.63, 3.8) is 0 Å². The van der Waals surface area contributed by atoms with Crippen LogP contribution in [0.3, 0.4) is 0 Å². The molecule has 1 aliphatic rings. The number of hydrogen-bond acceptors (Lipinski definition) is 1. The molecule has 0 unspecified atom stereocenters. The second-order valence-electron chi connectivity index (χ2n) is 2.70. The maximum atomic E-state index is 12.4. The van der Waals surface area contributed by atoms with Gasteiger partial charge in [-0.05, 0) is 20.0 Å². The molecule has 54 valence electrons. The van der Waals surface area contributed by atoms with Gasteiger partial charge in [0.25, 0.3) is 5.92 Å². The molecule has 0 amide bonds. The van der Waals surface area contributed by atoms with Gasteiger partial charge in [0.1, 0.15) is 0 Å². The summed E-state index contributed by atoms with van der Waals surface area (Å²) in [6.45, 7) is 0.753. The van der Waals surface area contributed by atoms with Gasteiger partial charge in [0.2, 0.25) is 0 Å². The first kappa shape index (κ1) is 6.93.